The van der Waals surface area contributed by atoms with E-state index in [0.717, 1.165) is 24.1 Å². The van der Waals surface area contributed by atoms with Gasteiger partial charge in [-0.05, 0) is 36.2 Å². The lowest BCUT2D eigenvalue weighted by molar-refractivity contribution is 0.446. The van der Waals surface area contributed by atoms with E-state index in [1.165, 1.54) is 0 Å². The number of halogens is 3. The fourth-order valence-corrected chi connectivity index (χ4v) is 1.66. The van der Waals surface area contributed by atoms with Gasteiger partial charge >= 0.3 is 0 Å². The molecule has 0 saturated heterocycles. The summed E-state index contributed by atoms with van der Waals surface area (Å²) in [6.07, 6.45) is 2.56. The molecule has 20 heavy (non-hydrogen) atoms. The fourth-order valence-electron chi connectivity index (χ4n) is 1.66. The van der Waals surface area contributed by atoms with Crippen molar-refractivity contribution >= 4 is 0 Å². The topological polar surface area (TPSA) is 0 Å². The van der Waals surface area contributed by atoms with Crippen molar-refractivity contribution in [3.05, 3.63) is 83.2 Å². The van der Waals surface area contributed by atoms with Crippen molar-refractivity contribution in [1.82, 2.24) is 0 Å². The van der Waals surface area contributed by atoms with Crippen molar-refractivity contribution in [2.45, 2.75) is 6.42 Å². The van der Waals surface area contributed by atoms with Crippen LogP contribution in [0.3, 0.4) is 0 Å². The molecule has 0 unspecified atom stereocenters. The molecule has 2 rings (SSSR count). The molecule has 0 aromatic heterocycles. The van der Waals surface area contributed by atoms with E-state index in [-0.39, 0.29) is 5.56 Å². The highest BCUT2D eigenvalue weighted by atomic mass is 19.2. The van der Waals surface area contributed by atoms with Gasteiger partial charge in [0.2, 0.25) is 0 Å². The Balaban J connectivity index is 2.24. The maximum absolute atomic E-state index is 13.0. The third-order valence-electron chi connectivity index (χ3n) is 2.67. The highest BCUT2D eigenvalue weighted by Crippen LogP contribution is 2.13. The molecule has 100 valence electrons. The molecule has 0 nitrogen and oxygen atoms in total. The van der Waals surface area contributed by atoms with Crippen molar-refractivity contribution in [2.75, 3.05) is 0 Å². The first kappa shape index (κ1) is 14.0. The van der Waals surface area contributed by atoms with Crippen LogP contribution >= 0.6 is 0 Å². The highest BCUT2D eigenvalue weighted by Gasteiger charge is 2.08. The van der Waals surface area contributed by atoms with E-state index in [1.807, 2.05) is 24.3 Å². The molecular weight excluding hydrogens is 261 g/mol. The summed E-state index contributed by atoms with van der Waals surface area (Å²) >= 11 is 0. The summed E-state index contributed by atoms with van der Waals surface area (Å²) in [5, 5.41) is 0. The predicted molar refractivity (Wildman–Crippen MR) is 72.6 cm³/mol. The monoisotopic (exact) mass is 272 g/mol. The Hall–Kier alpha value is -2.47. The average Bonchev–Trinajstić information content (AvgIpc) is 2.44. The van der Waals surface area contributed by atoms with Gasteiger partial charge in [0.05, 0.1) is 0 Å². The second-order valence-corrected chi connectivity index (χ2v) is 4.19. The first-order valence-electron chi connectivity index (χ1n) is 5.96. The Morgan fingerprint density at radius 2 is 1.45 bits per heavy atom. The molecule has 0 bridgehead atoms. The summed E-state index contributed by atoms with van der Waals surface area (Å²) < 4.78 is 38.8. The zero-order valence-corrected chi connectivity index (χ0v) is 10.6. The minimum atomic E-state index is -1.48. The molecule has 0 radical (unpaired) electrons. The third kappa shape index (κ3) is 3.30. The first-order chi connectivity index (χ1) is 9.60. The first-order valence-corrected chi connectivity index (χ1v) is 5.96. The molecule has 0 aliphatic rings. The van der Waals surface area contributed by atoms with Crippen molar-refractivity contribution in [3.8, 4) is 11.8 Å². The van der Waals surface area contributed by atoms with Gasteiger partial charge in [-0.25, -0.2) is 13.2 Å². The number of benzene rings is 2. The molecule has 2 aromatic rings. The van der Waals surface area contributed by atoms with Crippen molar-refractivity contribution in [3.63, 3.8) is 0 Å². The number of hydrogen-bond acceptors (Lipinski definition) is 0. The van der Waals surface area contributed by atoms with Gasteiger partial charge in [0.25, 0.3) is 0 Å². The van der Waals surface area contributed by atoms with E-state index < -0.39 is 17.5 Å². The second kappa shape index (κ2) is 6.12. The van der Waals surface area contributed by atoms with Crippen LogP contribution in [-0.4, -0.2) is 0 Å². The minimum Gasteiger partial charge on any atom is -0.204 e. The zero-order chi connectivity index (χ0) is 14.5. The van der Waals surface area contributed by atoms with Crippen LogP contribution < -0.4 is 0 Å². The fraction of sp³-hybridized carbons (Fsp3) is 0.0588. The maximum Gasteiger partial charge on any atom is 0.194 e. The Morgan fingerprint density at radius 3 is 2.00 bits per heavy atom. The van der Waals surface area contributed by atoms with E-state index in [9.17, 15) is 13.2 Å². The van der Waals surface area contributed by atoms with Crippen LogP contribution in [0.15, 0.2) is 49.1 Å². The lowest BCUT2D eigenvalue weighted by Gasteiger charge is -1.97. The SMILES string of the molecule is C=CCc1ccc(C#Cc2cc(F)c(F)c(F)c2)cc1. The molecule has 0 saturated carbocycles. The Labute approximate surface area is 115 Å². The standard InChI is InChI=1S/C17H11F3/c1-2-3-12-4-6-13(7-5-12)8-9-14-10-15(18)17(20)16(19)11-14/h2,4-7,10-11H,1,3H2. The van der Waals surface area contributed by atoms with Gasteiger partial charge in [-0.15, -0.1) is 6.58 Å². The van der Waals surface area contributed by atoms with E-state index in [4.69, 9.17) is 0 Å². The number of hydrogen-bond donors (Lipinski definition) is 0. The minimum absolute atomic E-state index is 0.0940. The predicted octanol–water partition coefficient (Wildman–Crippen LogP) is 4.23. The van der Waals surface area contributed by atoms with Crippen LogP contribution in [0.2, 0.25) is 0 Å². The van der Waals surface area contributed by atoms with E-state index >= 15 is 0 Å². The maximum atomic E-state index is 13.0. The van der Waals surface area contributed by atoms with Gasteiger partial charge in [-0.3, -0.25) is 0 Å². The summed E-state index contributed by atoms with van der Waals surface area (Å²) in [6.45, 7) is 3.65. The van der Waals surface area contributed by atoms with Crippen LogP contribution in [0.25, 0.3) is 0 Å². The summed E-state index contributed by atoms with van der Waals surface area (Å²) in [7, 11) is 0. The van der Waals surface area contributed by atoms with Crippen molar-refractivity contribution < 1.29 is 13.2 Å². The zero-order valence-electron chi connectivity index (χ0n) is 10.6. The van der Waals surface area contributed by atoms with Gasteiger partial charge in [-0.1, -0.05) is 30.0 Å². The molecular formula is C17H11F3. The van der Waals surface area contributed by atoms with E-state index in [0.29, 0.717) is 5.56 Å². The second-order valence-electron chi connectivity index (χ2n) is 4.19. The summed E-state index contributed by atoms with van der Waals surface area (Å²) in [5.74, 6) is 1.41. The smallest absolute Gasteiger partial charge is 0.194 e. The summed E-state index contributed by atoms with van der Waals surface area (Å²) in [6, 6.07) is 9.16. The Kier molecular flexibility index (Phi) is 4.27. The summed E-state index contributed by atoms with van der Waals surface area (Å²) in [4.78, 5) is 0. The highest BCUT2D eigenvalue weighted by molar-refractivity contribution is 5.44. The third-order valence-corrected chi connectivity index (χ3v) is 2.67. The van der Waals surface area contributed by atoms with Crippen molar-refractivity contribution in [1.29, 1.82) is 0 Å². The van der Waals surface area contributed by atoms with Gasteiger partial charge in [0.15, 0.2) is 17.5 Å². The van der Waals surface area contributed by atoms with Gasteiger partial charge < -0.3 is 0 Å². The normalized spacial score (nSPS) is 9.75. The largest absolute Gasteiger partial charge is 0.204 e. The van der Waals surface area contributed by atoms with Crippen LogP contribution in [0, 0.1) is 29.3 Å². The molecule has 0 atom stereocenters. The quantitative estimate of drug-likeness (QED) is 0.436. The lowest BCUT2D eigenvalue weighted by atomic mass is 10.1. The lowest BCUT2D eigenvalue weighted by Crippen LogP contribution is -1.91. The Morgan fingerprint density at radius 1 is 0.900 bits per heavy atom. The van der Waals surface area contributed by atoms with Crippen molar-refractivity contribution in [2.24, 2.45) is 0 Å². The summed E-state index contributed by atoms with van der Waals surface area (Å²) in [5.41, 5.74) is 1.91. The molecule has 0 heterocycles. The molecule has 0 aliphatic heterocycles. The average molecular weight is 272 g/mol. The van der Waals surface area contributed by atoms with Gasteiger partial charge in [0, 0.05) is 11.1 Å². The number of allylic oxidation sites excluding steroid dienone is 1. The molecule has 0 amide bonds. The molecule has 0 N–H and O–H groups in total. The van der Waals surface area contributed by atoms with Crippen LogP contribution in [0.1, 0.15) is 16.7 Å². The van der Waals surface area contributed by atoms with Crippen LogP contribution in [-0.2, 0) is 6.42 Å². The molecule has 0 aliphatic carbocycles. The molecule has 3 heteroatoms. The molecule has 0 spiro atoms. The van der Waals surface area contributed by atoms with E-state index in [2.05, 4.69) is 18.4 Å². The van der Waals surface area contributed by atoms with Crippen LogP contribution in [0.5, 0.6) is 0 Å². The Bertz CT molecular complexity index is 665. The van der Waals surface area contributed by atoms with E-state index in [1.54, 1.807) is 6.08 Å². The van der Waals surface area contributed by atoms with Crippen LogP contribution in [0.4, 0.5) is 13.2 Å². The van der Waals surface area contributed by atoms with Gasteiger partial charge in [0.1, 0.15) is 0 Å². The molecule has 0 fully saturated rings. The van der Waals surface area contributed by atoms with Gasteiger partial charge in [-0.2, -0.15) is 0 Å². The number of rotatable bonds is 2. The molecule has 2 aromatic carbocycles.